The molecule has 4 rings (SSSR count). The number of carbonyl (C=O) groups excluding carboxylic acids is 1. The van der Waals surface area contributed by atoms with E-state index in [1.54, 1.807) is 12.3 Å². The summed E-state index contributed by atoms with van der Waals surface area (Å²) in [4.78, 5) is 19.1. The number of anilines is 2. The molecular weight excluding hydrogens is 356 g/mol. The predicted molar refractivity (Wildman–Crippen MR) is 106 cm³/mol. The molecule has 0 bridgehead atoms. The van der Waals surface area contributed by atoms with Crippen molar-refractivity contribution >= 4 is 17.4 Å². The highest BCUT2D eigenvalue weighted by molar-refractivity contribution is 6.03. The van der Waals surface area contributed by atoms with Crippen molar-refractivity contribution in [1.29, 1.82) is 0 Å². The van der Waals surface area contributed by atoms with Gasteiger partial charge in [0.1, 0.15) is 5.82 Å². The summed E-state index contributed by atoms with van der Waals surface area (Å²) in [5, 5.41) is 6.67. The smallest absolute Gasteiger partial charge is 0.277 e. The molecule has 0 aliphatic carbocycles. The molecule has 2 atom stereocenters. The summed E-state index contributed by atoms with van der Waals surface area (Å²) < 4.78 is 11.0. The van der Waals surface area contributed by atoms with Crippen LogP contribution in [0, 0.1) is 0 Å². The molecule has 0 saturated carbocycles. The van der Waals surface area contributed by atoms with E-state index in [9.17, 15) is 4.79 Å². The Morgan fingerprint density at radius 2 is 1.86 bits per heavy atom. The summed E-state index contributed by atoms with van der Waals surface area (Å²) in [7, 11) is 0. The molecule has 144 valence electrons. The molecule has 28 heavy (non-hydrogen) atoms. The van der Waals surface area contributed by atoms with Crippen LogP contribution >= 0.6 is 0 Å². The first-order valence-corrected chi connectivity index (χ1v) is 9.28. The van der Waals surface area contributed by atoms with E-state index >= 15 is 0 Å². The van der Waals surface area contributed by atoms with Crippen molar-refractivity contribution in [1.82, 2.24) is 10.1 Å². The maximum absolute atomic E-state index is 12.4. The lowest BCUT2D eigenvalue weighted by molar-refractivity contribution is -0.00545. The van der Waals surface area contributed by atoms with Gasteiger partial charge in [-0.1, -0.05) is 35.5 Å². The van der Waals surface area contributed by atoms with E-state index in [1.165, 1.54) is 0 Å². The molecule has 3 heterocycles. The Hall–Kier alpha value is -3.19. The van der Waals surface area contributed by atoms with Crippen LogP contribution in [-0.4, -0.2) is 41.3 Å². The van der Waals surface area contributed by atoms with Crippen LogP contribution < -0.4 is 10.2 Å². The van der Waals surface area contributed by atoms with Crippen LogP contribution in [0.3, 0.4) is 0 Å². The number of hydrogen-bond acceptors (Lipinski definition) is 6. The summed E-state index contributed by atoms with van der Waals surface area (Å²) in [6.45, 7) is 5.70. The Labute approximate surface area is 163 Å². The molecule has 1 saturated heterocycles. The highest BCUT2D eigenvalue weighted by Crippen LogP contribution is 2.22. The number of rotatable bonds is 4. The van der Waals surface area contributed by atoms with Crippen molar-refractivity contribution in [3.63, 3.8) is 0 Å². The fourth-order valence-corrected chi connectivity index (χ4v) is 3.33. The molecule has 1 N–H and O–H groups in total. The first-order chi connectivity index (χ1) is 13.6. The number of aromatic nitrogens is 2. The summed E-state index contributed by atoms with van der Waals surface area (Å²) in [5.74, 6) is 1.08. The number of benzene rings is 1. The van der Waals surface area contributed by atoms with Crippen LogP contribution in [-0.2, 0) is 4.74 Å². The van der Waals surface area contributed by atoms with Gasteiger partial charge in [0.25, 0.3) is 5.91 Å². The highest BCUT2D eigenvalue weighted by Gasteiger charge is 2.23. The van der Waals surface area contributed by atoms with E-state index in [2.05, 4.69) is 34.2 Å². The van der Waals surface area contributed by atoms with Gasteiger partial charge in [-0.15, -0.1) is 0 Å². The predicted octanol–water partition coefficient (Wildman–Crippen LogP) is 3.60. The monoisotopic (exact) mass is 378 g/mol. The van der Waals surface area contributed by atoms with E-state index in [-0.39, 0.29) is 23.8 Å². The van der Waals surface area contributed by atoms with Gasteiger partial charge < -0.3 is 19.5 Å². The van der Waals surface area contributed by atoms with Gasteiger partial charge >= 0.3 is 0 Å². The van der Waals surface area contributed by atoms with Crippen molar-refractivity contribution in [2.75, 3.05) is 23.3 Å². The highest BCUT2D eigenvalue weighted by atomic mass is 16.5. The Kier molecular flexibility index (Phi) is 5.08. The maximum atomic E-state index is 12.4. The van der Waals surface area contributed by atoms with Gasteiger partial charge in [0, 0.05) is 24.7 Å². The second kappa shape index (κ2) is 7.82. The third kappa shape index (κ3) is 4.04. The minimum Gasteiger partial charge on any atom is -0.372 e. The Morgan fingerprint density at radius 3 is 2.54 bits per heavy atom. The summed E-state index contributed by atoms with van der Waals surface area (Å²) in [6.07, 6.45) is 1.97. The van der Waals surface area contributed by atoms with Crippen molar-refractivity contribution in [2.24, 2.45) is 0 Å². The number of nitrogens with zero attached hydrogens (tertiary/aromatic N) is 3. The van der Waals surface area contributed by atoms with Gasteiger partial charge in [-0.3, -0.25) is 4.79 Å². The van der Waals surface area contributed by atoms with E-state index < -0.39 is 0 Å². The fraction of sp³-hybridized carbons (Fsp3) is 0.286. The molecule has 2 unspecified atom stereocenters. The second-order valence-corrected chi connectivity index (χ2v) is 6.96. The average molecular weight is 378 g/mol. The summed E-state index contributed by atoms with van der Waals surface area (Å²) >= 11 is 0. The molecular formula is C21H22N4O3. The minimum absolute atomic E-state index is 0.163. The van der Waals surface area contributed by atoms with Gasteiger partial charge in [0.2, 0.25) is 0 Å². The molecule has 7 heteroatoms. The quantitative estimate of drug-likeness (QED) is 0.747. The van der Waals surface area contributed by atoms with Crippen molar-refractivity contribution in [2.45, 2.75) is 26.1 Å². The molecule has 3 aromatic rings. The topological polar surface area (TPSA) is 80.5 Å². The molecule has 2 aromatic heterocycles. The number of nitrogens with one attached hydrogen (secondary N) is 1. The van der Waals surface area contributed by atoms with E-state index in [4.69, 9.17) is 9.26 Å². The van der Waals surface area contributed by atoms with E-state index in [0.717, 1.165) is 24.5 Å². The van der Waals surface area contributed by atoms with Crippen LogP contribution in [0.4, 0.5) is 11.5 Å². The minimum atomic E-state index is -0.339. The molecule has 0 radical (unpaired) electrons. The zero-order chi connectivity index (χ0) is 19.5. The van der Waals surface area contributed by atoms with Crippen LogP contribution in [0.1, 0.15) is 24.3 Å². The summed E-state index contributed by atoms with van der Waals surface area (Å²) in [6, 6.07) is 14.9. The normalized spacial score (nSPS) is 19.4. The number of amides is 1. The molecule has 1 aliphatic rings. The van der Waals surface area contributed by atoms with E-state index in [0.29, 0.717) is 11.4 Å². The Morgan fingerprint density at radius 1 is 1.11 bits per heavy atom. The lowest BCUT2D eigenvalue weighted by atomic mass is 10.1. The standard InChI is InChI=1S/C21H22N4O3/c1-14-12-25(13-15(2)27-14)20-9-8-17(11-22-20)23-21(26)18-10-19(28-24-18)16-6-4-3-5-7-16/h3-11,14-15H,12-13H2,1-2H3,(H,23,26). The summed E-state index contributed by atoms with van der Waals surface area (Å²) in [5.41, 5.74) is 1.69. The molecule has 1 aromatic carbocycles. The zero-order valence-electron chi connectivity index (χ0n) is 15.8. The van der Waals surface area contributed by atoms with Gasteiger partial charge in [-0.2, -0.15) is 0 Å². The Balaban J connectivity index is 1.42. The molecule has 1 aliphatic heterocycles. The van der Waals surface area contributed by atoms with Crippen molar-refractivity contribution in [3.05, 3.63) is 60.4 Å². The Bertz CT molecular complexity index is 930. The lowest BCUT2D eigenvalue weighted by Gasteiger charge is -2.36. The van der Waals surface area contributed by atoms with Crippen molar-refractivity contribution < 1.29 is 14.1 Å². The number of hydrogen-bond donors (Lipinski definition) is 1. The average Bonchev–Trinajstić information content (AvgIpc) is 3.19. The molecule has 7 nitrogen and oxygen atoms in total. The number of carbonyl (C=O) groups is 1. The van der Waals surface area contributed by atoms with Crippen LogP contribution in [0.2, 0.25) is 0 Å². The fourth-order valence-electron chi connectivity index (χ4n) is 3.33. The van der Waals surface area contributed by atoms with E-state index in [1.807, 2.05) is 42.5 Å². The first kappa shape index (κ1) is 18.2. The molecule has 1 fully saturated rings. The van der Waals surface area contributed by atoms with Crippen LogP contribution in [0.5, 0.6) is 0 Å². The van der Waals surface area contributed by atoms with Crippen LogP contribution in [0.15, 0.2) is 59.3 Å². The zero-order valence-corrected chi connectivity index (χ0v) is 15.8. The third-order valence-electron chi connectivity index (χ3n) is 4.55. The largest absolute Gasteiger partial charge is 0.372 e. The number of ether oxygens (including phenoxy) is 1. The molecule has 1 amide bonds. The van der Waals surface area contributed by atoms with Crippen molar-refractivity contribution in [3.8, 4) is 11.3 Å². The number of pyridine rings is 1. The second-order valence-electron chi connectivity index (χ2n) is 6.96. The molecule has 0 spiro atoms. The first-order valence-electron chi connectivity index (χ1n) is 9.28. The van der Waals surface area contributed by atoms with Gasteiger partial charge in [-0.05, 0) is 26.0 Å². The SMILES string of the molecule is CC1CN(c2ccc(NC(=O)c3cc(-c4ccccc4)on3)cn2)CC(C)O1. The lowest BCUT2D eigenvalue weighted by Crippen LogP contribution is -2.45. The number of morpholine rings is 1. The third-order valence-corrected chi connectivity index (χ3v) is 4.55. The van der Waals surface area contributed by atoms with Gasteiger partial charge in [0.05, 0.1) is 24.1 Å². The van der Waals surface area contributed by atoms with Gasteiger partial charge in [0.15, 0.2) is 11.5 Å². The van der Waals surface area contributed by atoms with Crippen LogP contribution in [0.25, 0.3) is 11.3 Å². The van der Waals surface area contributed by atoms with Gasteiger partial charge in [-0.25, -0.2) is 4.98 Å². The maximum Gasteiger partial charge on any atom is 0.277 e.